The van der Waals surface area contributed by atoms with Crippen LogP contribution in [0.1, 0.15) is 30.1 Å². The molecule has 1 fully saturated rings. The maximum absolute atomic E-state index is 12.2. The summed E-state index contributed by atoms with van der Waals surface area (Å²) in [6, 6.07) is 6.03. The number of hydrogen-bond acceptors (Lipinski definition) is 2. The largest absolute Gasteiger partial charge is 0.349 e. The molecule has 1 heterocycles. The Bertz CT molecular complexity index is 481. The molecule has 0 saturated carbocycles. The lowest BCUT2D eigenvalue weighted by atomic mass is 9.98. The van der Waals surface area contributed by atoms with Gasteiger partial charge in [-0.1, -0.05) is 11.6 Å². The highest BCUT2D eigenvalue weighted by molar-refractivity contribution is 9.10. The van der Waals surface area contributed by atoms with E-state index < -0.39 is 0 Å². The van der Waals surface area contributed by atoms with Crippen LogP contribution in [0, 0.1) is 0 Å². The van der Waals surface area contributed by atoms with Crippen LogP contribution in [-0.4, -0.2) is 36.5 Å². The van der Waals surface area contributed by atoms with E-state index in [1.807, 2.05) is 0 Å². The fourth-order valence-electron chi connectivity index (χ4n) is 2.33. The van der Waals surface area contributed by atoms with Crippen LogP contribution < -0.4 is 5.32 Å². The molecule has 1 amide bonds. The molecule has 19 heavy (non-hydrogen) atoms. The van der Waals surface area contributed by atoms with Crippen molar-refractivity contribution in [3.8, 4) is 0 Å². The number of benzene rings is 1. The second-order valence-corrected chi connectivity index (χ2v) is 6.41. The van der Waals surface area contributed by atoms with Crippen LogP contribution in [-0.2, 0) is 0 Å². The van der Waals surface area contributed by atoms with Crippen LogP contribution in [0.15, 0.2) is 22.7 Å². The van der Waals surface area contributed by atoms with Gasteiger partial charge in [-0.3, -0.25) is 4.79 Å². The lowest BCUT2D eigenvalue weighted by Crippen LogP contribution is -2.47. The predicted molar refractivity (Wildman–Crippen MR) is 81.7 cm³/mol. The Morgan fingerprint density at radius 3 is 2.89 bits per heavy atom. The number of carbonyl (C=O) groups is 1. The quantitative estimate of drug-likeness (QED) is 0.892. The fourth-order valence-corrected chi connectivity index (χ4v) is 2.75. The zero-order valence-electron chi connectivity index (χ0n) is 11.1. The Morgan fingerprint density at radius 1 is 1.53 bits per heavy atom. The van der Waals surface area contributed by atoms with Crippen LogP contribution in [0.3, 0.4) is 0 Å². The summed E-state index contributed by atoms with van der Waals surface area (Å²) in [4.78, 5) is 14.5. The van der Waals surface area contributed by atoms with Gasteiger partial charge in [-0.25, -0.2) is 0 Å². The summed E-state index contributed by atoms with van der Waals surface area (Å²) in [7, 11) is 2.12. The molecule has 1 aliphatic heterocycles. The first-order valence-corrected chi connectivity index (χ1v) is 7.60. The van der Waals surface area contributed by atoms with Gasteiger partial charge in [0.25, 0.3) is 5.91 Å². The molecule has 0 radical (unpaired) electrons. The number of hydrogen-bond donors (Lipinski definition) is 1. The third-order valence-electron chi connectivity index (χ3n) is 3.73. The number of likely N-dealkylation sites (tertiary alicyclic amines) is 1. The first kappa shape index (κ1) is 14.8. The van der Waals surface area contributed by atoms with Crippen molar-refractivity contribution in [3.63, 3.8) is 0 Å². The van der Waals surface area contributed by atoms with Gasteiger partial charge in [0.15, 0.2) is 0 Å². The number of nitrogens with one attached hydrogen (secondary N) is 1. The van der Waals surface area contributed by atoms with Crippen molar-refractivity contribution in [3.05, 3.63) is 33.3 Å². The van der Waals surface area contributed by atoms with Crippen molar-refractivity contribution >= 4 is 33.4 Å². The normalized spacial score (nSPS) is 24.2. The predicted octanol–water partition coefficient (Wildman–Crippen LogP) is 3.32. The summed E-state index contributed by atoms with van der Waals surface area (Å²) in [5, 5.41) is 3.65. The second-order valence-electron chi connectivity index (χ2n) is 5.15. The molecule has 2 unspecified atom stereocenters. The topological polar surface area (TPSA) is 32.3 Å². The Kier molecular flexibility index (Phi) is 4.87. The van der Waals surface area contributed by atoms with Gasteiger partial charge < -0.3 is 10.2 Å². The van der Waals surface area contributed by atoms with Crippen LogP contribution in [0.2, 0.25) is 5.02 Å². The molecule has 0 bridgehead atoms. The summed E-state index contributed by atoms with van der Waals surface area (Å²) in [5.41, 5.74) is 0.611. The van der Waals surface area contributed by atoms with Crippen molar-refractivity contribution in [2.24, 2.45) is 0 Å². The van der Waals surface area contributed by atoms with E-state index >= 15 is 0 Å². The molecule has 0 spiro atoms. The van der Waals surface area contributed by atoms with Gasteiger partial charge in [0, 0.05) is 28.7 Å². The summed E-state index contributed by atoms with van der Waals surface area (Å²) in [5.74, 6) is -0.0452. The molecule has 2 atom stereocenters. The molecule has 0 aromatic heterocycles. The second kappa shape index (κ2) is 6.25. The van der Waals surface area contributed by atoms with Gasteiger partial charge in [-0.05, 0) is 60.9 Å². The van der Waals surface area contributed by atoms with E-state index in [0.717, 1.165) is 23.9 Å². The molecule has 1 aliphatic rings. The van der Waals surface area contributed by atoms with Gasteiger partial charge in [0.1, 0.15) is 0 Å². The van der Waals surface area contributed by atoms with Crippen LogP contribution in [0.5, 0.6) is 0 Å². The Balaban J connectivity index is 1.99. The standard InChI is InChI=1S/C14H18BrClN2O/c1-9-7-11(5-6-18(9)2)17-14(19)10-3-4-12(15)13(16)8-10/h3-4,8-9,11H,5-7H2,1-2H3,(H,17,19). The van der Waals surface area contributed by atoms with Crippen molar-refractivity contribution in [2.75, 3.05) is 13.6 Å². The minimum Gasteiger partial charge on any atom is -0.349 e. The molecule has 1 N–H and O–H groups in total. The van der Waals surface area contributed by atoms with E-state index in [2.05, 4.69) is 40.1 Å². The van der Waals surface area contributed by atoms with Gasteiger partial charge >= 0.3 is 0 Å². The first-order chi connectivity index (χ1) is 8.97. The molecular formula is C14H18BrClN2O. The molecule has 1 saturated heterocycles. The minimum atomic E-state index is -0.0452. The number of rotatable bonds is 2. The minimum absolute atomic E-state index is 0.0452. The van der Waals surface area contributed by atoms with Crippen molar-refractivity contribution < 1.29 is 4.79 Å². The van der Waals surface area contributed by atoms with Crippen LogP contribution in [0.4, 0.5) is 0 Å². The Labute approximate surface area is 127 Å². The van der Waals surface area contributed by atoms with Crippen molar-refractivity contribution in [1.29, 1.82) is 0 Å². The summed E-state index contributed by atoms with van der Waals surface area (Å²) >= 11 is 9.33. The van der Waals surface area contributed by atoms with Crippen LogP contribution >= 0.6 is 27.5 Å². The average Bonchev–Trinajstić information content (AvgIpc) is 2.37. The maximum Gasteiger partial charge on any atom is 0.251 e. The molecule has 104 valence electrons. The van der Waals surface area contributed by atoms with E-state index in [9.17, 15) is 4.79 Å². The van der Waals surface area contributed by atoms with Gasteiger partial charge in [-0.15, -0.1) is 0 Å². The van der Waals surface area contributed by atoms with Crippen molar-refractivity contribution in [1.82, 2.24) is 10.2 Å². The summed E-state index contributed by atoms with van der Waals surface area (Å²) in [6.45, 7) is 3.21. The Morgan fingerprint density at radius 2 is 2.26 bits per heavy atom. The smallest absolute Gasteiger partial charge is 0.251 e. The fraction of sp³-hybridized carbons (Fsp3) is 0.500. The lowest BCUT2D eigenvalue weighted by Gasteiger charge is -2.35. The molecule has 1 aromatic carbocycles. The van der Waals surface area contributed by atoms with E-state index in [1.165, 1.54) is 0 Å². The number of amides is 1. The SMILES string of the molecule is CC1CC(NC(=O)c2ccc(Br)c(Cl)c2)CCN1C. The highest BCUT2D eigenvalue weighted by Gasteiger charge is 2.24. The lowest BCUT2D eigenvalue weighted by molar-refractivity contribution is 0.0896. The van der Waals surface area contributed by atoms with Crippen LogP contribution in [0.25, 0.3) is 0 Å². The number of nitrogens with zero attached hydrogens (tertiary/aromatic N) is 1. The average molecular weight is 346 g/mol. The molecule has 1 aromatic rings. The highest BCUT2D eigenvalue weighted by Crippen LogP contribution is 2.23. The number of carbonyl (C=O) groups excluding carboxylic acids is 1. The monoisotopic (exact) mass is 344 g/mol. The number of halogens is 2. The zero-order chi connectivity index (χ0) is 14.0. The Hall–Kier alpha value is -0.580. The molecule has 2 rings (SSSR count). The molecule has 3 nitrogen and oxygen atoms in total. The highest BCUT2D eigenvalue weighted by atomic mass is 79.9. The van der Waals surface area contributed by atoms with E-state index in [-0.39, 0.29) is 11.9 Å². The van der Waals surface area contributed by atoms with Gasteiger partial charge in [-0.2, -0.15) is 0 Å². The third-order valence-corrected chi connectivity index (χ3v) is 4.96. The van der Waals surface area contributed by atoms with E-state index in [0.29, 0.717) is 16.6 Å². The van der Waals surface area contributed by atoms with Crippen molar-refractivity contribution in [2.45, 2.75) is 31.8 Å². The summed E-state index contributed by atoms with van der Waals surface area (Å²) in [6.07, 6.45) is 1.99. The molecule has 0 aliphatic carbocycles. The van der Waals surface area contributed by atoms with Gasteiger partial charge in [0.2, 0.25) is 0 Å². The van der Waals surface area contributed by atoms with Gasteiger partial charge in [0.05, 0.1) is 5.02 Å². The maximum atomic E-state index is 12.2. The number of piperidine rings is 1. The first-order valence-electron chi connectivity index (χ1n) is 6.43. The third kappa shape index (κ3) is 3.71. The summed E-state index contributed by atoms with van der Waals surface area (Å²) < 4.78 is 0.804. The zero-order valence-corrected chi connectivity index (χ0v) is 13.5. The van der Waals surface area contributed by atoms with E-state index in [4.69, 9.17) is 11.6 Å². The molecular weight excluding hydrogens is 328 g/mol. The van der Waals surface area contributed by atoms with E-state index in [1.54, 1.807) is 18.2 Å². The molecule has 5 heteroatoms.